The molecule has 146 valence electrons. The fourth-order valence-corrected chi connectivity index (χ4v) is 5.18. The molecule has 27 heavy (non-hydrogen) atoms. The molecule has 1 saturated carbocycles. The van der Waals surface area contributed by atoms with Crippen LogP contribution in [0.2, 0.25) is 0 Å². The van der Waals surface area contributed by atoms with Crippen LogP contribution in [0.1, 0.15) is 30.8 Å². The first-order valence-corrected chi connectivity index (χ1v) is 9.58. The first-order valence-electron chi connectivity index (χ1n) is 9.58. The minimum absolute atomic E-state index is 0.0791. The summed E-state index contributed by atoms with van der Waals surface area (Å²) in [7, 11) is 2.06. The Morgan fingerprint density at radius 2 is 1.89 bits per heavy atom. The lowest BCUT2D eigenvalue weighted by molar-refractivity contribution is -0.148. The van der Waals surface area contributed by atoms with Gasteiger partial charge in [0.2, 0.25) is 5.91 Å². The smallest absolute Gasteiger partial charge is 0.274 e. The molecule has 0 aromatic carbocycles. The summed E-state index contributed by atoms with van der Waals surface area (Å²) in [4.78, 5) is 39.9. The number of aromatic nitrogens is 2. The van der Waals surface area contributed by atoms with Crippen molar-refractivity contribution in [3.63, 3.8) is 0 Å². The molecule has 0 spiro atoms. The number of hydrogen-bond acceptors (Lipinski definition) is 6. The van der Waals surface area contributed by atoms with E-state index in [2.05, 4.69) is 40.7 Å². The number of carbonyl (C=O) groups excluding carboxylic acids is 2. The Hall–Kier alpha value is -2.22. The summed E-state index contributed by atoms with van der Waals surface area (Å²) in [5, 5.41) is 0. The molecule has 1 aromatic rings. The lowest BCUT2D eigenvalue weighted by Crippen LogP contribution is -2.59. The van der Waals surface area contributed by atoms with E-state index >= 15 is 0 Å². The SMILES string of the molecule is CN1CCN(C(=O)c2cncc(N3C[C@@H]4C(C)(C)C[C@]4(C(N)=O)C3)n2)CC1. The van der Waals surface area contributed by atoms with Crippen LogP contribution in [0, 0.1) is 16.7 Å². The molecular formula is C19H28N6O2. The minimum Gasteiger partial charge on any atom is -0.369 e. The number of hydrogen-bond donors (Lipinski definition) is 1. The maximum atomic E-state index is 12.8. The summed E-state index contributed by atoms with van der Waals surface area (Å²) in [5.74, 6) is 0.554. The van der Waals surface area contributed by atoms with Crippen molar-refractivity contribution in [3.8, 4) is 0 Å². The summed E-state index contributed by atoms with van der Waals surface area (Å²) in [6, 6.07) is 0. The Morgan fingerprint density at radius 1 is 1.19 bits per heavy atom. The van der Waals surface area contributed by atoms with Crippen LogP contribution in [0.3, 0.4) is 0 Å². The number of anilines is 1. The quantitative estimate of drug-likeness (QED) is 0.814. The van der Waals surface area contributed by atoms with E-state index in [-0.39, 0.29) is 23.1 Å². The molecule has 0 bridgehead atoms. The number of fused-ring (bicyclic) bond motifs is 1. The van der Waals surface area contributed by atoms with Crippen molar-refractivity contribution in [3.05, 3.63) is 18.1 Å². The zero-order valence-corrected chi connectivity index (χ0v) is 16.3. The van der Waals surface area contributed by atoms with Gasteiger partial charge in [-0.1, -0.05) is 13.8 Å². The molecule has 3 aliphatic rings. The average molecular weight is 372 g/mol. The number of nitrogens with two attached hydrogens (primary N) is 1. The van der Waals surface area contributed by atoms with Crippen molar-refractivity contribution >= 4 is 17.6 Å². The van der Waals surface area contributed by atoms with Crippen molar-refractivity contribution in [2.75, 3.05) is 51.2 Å². The predicted octanol–water partition coefficient (Wildman–Crippen LogP) is 0.202. The predicted molar refractivity (Wildman–Crippen MR) is 101 cm³/mol. The average Bonchev–Trinajstić information content (AvgIpc) is 2.98. The van der Waals surface area contributed by atoms with Gasteiger partial charge in [0.05, 0.1) is 17.8 Å². The molecule has 2 saturated heterocycles. The Kier molecular flexibility index (Phi) is 4.14. The third kappa shape index (κ3) is 2.86. The number of amides is 2. The van der Waals surface area contributed by atoms with Gasteiger partial charge in [0.25, 0.3) is 5.91 Å². The zero-order valence-electron chi connectivity index (χ0n) is 16.3. The maximum Gasteiger partial charge on any atom is 0.274 e. The Bertz CT molecular complexity index is 773. The molecule has 0 radical (unpaired) electrons. The van der Waals surface area contributed by atoms with E-state index < -0.39 is 5.41 Å². The third-order valence-corrected chi connectivity index (χ3v) is 6.70. The molecule has 1 aromatic heterocycles. The molecule has 8 nitrogen and oxygen atoms in total. The Labute approximate surface area is 159 Å². The van der Waals surface area contributed by atoms with E-state index in [9.17, 15) is 9.59 Å². The van der Waals surface area contributed by atoms with Gasteiger partial charge in [-0.05, 0) is 24.8 Å². The van der Waals surface area contributed by atoms with Gasteiger partial charge in [-0.15, -0.1) is 0 Å². The molecule has 2 amide bonds. The summed E-state index contributed by atoms with van der Waals surface area (Å²) in [6.07, 6.45) is 4.00. The molecule has 3 heterocycles. The number of likely N-dealkylation sites (N-methyl/N-ethyl adjacent to an activating group) is 1. The van der Waals surface area contributed by atoms with Crippen LogP contribution < -0.4 is 10.6 Å². The molecule has 8 heteroatoms. The molecule has 0 unspecified atom stereocenters. The normalized spacial score (nSPS) is 30.0. The van der Waals surface area contributed by atoms with Crippen LogP contribution in [-0.2, 0) is 4.79 Å². The summed E-state index contributed by atoms with van der Waals surface area (Å²) in [6.45, 7) is 8.76. The van der Waals surface area contributed by atoms with Gasteiger partial charge in [0.1, 0.15) is 11.5 Å². The highest BCUT2D eigenvalue weighted by atomic mass is 16.2. The first kappa shape index (κ1) is 18.2. The highest BCUT2D eigenvalue weighted by molar-refractivity contribution is 5.92. The number of piperazine rings is 1. The second-order valence-corrected chi connectivity index (χ2v) is 8.98. The standard InChI is InChI=1S/C19H28N6O2/c1-18(2)11-19(17(20)27)12-25(10-14(18)19)15-9-21-8-13(22-15)16(26)24-6-4-23(3)5-7-24/h8-9,14H,4-7,10-12H2,1-3H3,(H2,20,27)/t14-,19+/m1/s1. The Balaban J connectivity index is 1.53. The minimum atomic E-state index is -0.483. The number of carbonyl (C=O) groups is 2. The van der Waals surface area contributed by atoms with Crippen LogP contribution in [0.25, 0.3) is 0 Å². The topological polar surface area (TPSA) is 95.7 Å². The number of primary amides is 1. The van der Waals surface area contributed by atoms with Gasteiger partial charge < -0.3 is 20.4 Å². The van der Waals surface area contributed by atoms with Crippen molar-refractivity contribution in [1.29, 1.82) is 0 Å². The van der Waals surface area contributed by atoms with Crippen molar-refractivity contribution in [1.82, 2.24) is 19.8 Å². The molecule has 2 N–H and O–H groups in total. The van der Waals surface area contributed by atoms with Gasteiger partial charge in [-0.2, -0.15) is 0 Å². The highest BCUT2D eigenvalue weighted by Crippen LogP contribution is 2.62. The summed E-state index contributed by atoms with van der Waals surface area (Å²) < 4.78 is 0. The van der Waals surface area contributed by atoms with Crippen molar-refractivity contribution in [2.45, 2.75) is 20.3 Å². The van der Waals surface area contributed by atoms with Crippen molar-refractivity contribution in [2.24, 2.45) is 22.5 Å². The van der Waals surface area contributed by atoms with Crippen LogP contribution >= 0.6 is 0 Å². The second-order valence-electron chi connectivity index (χ2n) is 8.98. The van der Waals surface area contributed by atoms with E-state index in [0.29, 0.717) is 31.1 Å². The molecular weight excluding hydrogens is 344 g/mol. The first-order chi connectivity index (χ1) is 12.7. The largest absolute Gasteiger partial charge is 0.369 e. The third-order valence-electron chi connectivity index (χ3n) is 6.70. The molecule has 2 atom stereocenters. The van der Waals surface area contributed by atoms with E-state index in [4.69, 9.17) is 5.73 Å². The summed E-state index contributed by atoms with van der Waals surface area (Å²) >= 11 is 0. The van der Waals surface area contributed by atoms with Crippen LogP contribution in [0.4, 0.5) is 5.82 Å². The van der Waals surface area contributed by atoms with Gasteiger partial charge in [0, 0.05) is 39.3 Å². The fraction of sp³-hybridized carbons (Fsp3) is 0.684. The van der Waals surface area contributed by atoms with Gasteiger partial charge >= 0.3 is 0 Å². The molecule has 3 fully saturated rings. The molecule has 4 rings (SSSR count). The Morgan fingerprint density at radius 3 is 2.48 bits per heavy atom. The van der Waals surface area contributed by atoms with E-state index in [1.807, 2.05) is 4.90 Å². The van der Waals surface area contributed by atoms with Crippen LogP contribution in [0.15, 0.2) is 12.4 Å². The van der Waals surface area contributed by atoms with Crippen LogP contribution in [0.5, 0.6) is 0 Å². The summed E-state index contributed by atoms with van der Waals surface area (Å²) in [5.41, 5.74) is 5.72. The molecule has 2 aliphatic heterocycles. The zero-order chi connectivity index (χ0) is 19.4. The van der Waals surface area contributed by atoms with E-state index in [0.717, 1.165) is 26.1 Å². The van der Waals surface area contributed by atoms with Gasteiger partial charge in [-0.3, -0.25) is 14.6 Å². The van der Waals surface area contributed by atoms with E-state index in [1.165, 1.54) is 6.20 Å². The van der Waals surface area contributed by atoms with Gasteiger partial charge in [-0.25, -0.2) is 4.98 Å². The number of rotatable bonds is 3. The molecule has 1 aliphatic carbocycles. The number of nitrogens with zero attached hydrogens (tertiary/aromatic N) is 5. The lowest BCUT2D eigenvalue weighted by Gasteiger charge is -2.54. The van der Waals surface area contributed by atoms with Crippen LogP contribution in [-0.4, -0.2) is 77.9 Å². The lowest BCUT2D eigenvalue weighted by atomic mass is 9.48. The highest BCUT2D eigenvalue weighted by Gasteiger charge is 2.66. The fourth-order valence-electron chi connectivity index (χ4n) is 5.18. The second kappa shape index (κ2) is 6.15. The van der Waals surface area contributed by atoms with Crippen molar-refractivity contribution < 1.29 is 9.59 Å². The monoisotopic (exact) mass is 372 g/mol. The van der Waals surface area contributed by atoms with Gasteiger partial charge in [0.15, 0.2) is 0 Å². The maximum absolute atomic E-state index is 12.8. The van der Waals surface area contributed by atoms with E-state index in [1.54, 1.807) is 6.20 Å².